The Hall–Kier alpha value is -2.17. The van der Waals surface area contributed by atoms with Crippen LogP contribution in [0, 0.1) is 0 Å². The predicted octanol–water partition coefficient (Wildman–Crippen LogP) is 2.15. The van der Waals surface area contributed by atoms with E-state index in [1.54, 1.807) is 11.9 Å². The molecule has 0 unspecified atom stereocenters. The van der Waals surface area contributed by atoms with Gasteiger partial charge >= 0.3 is 0 Å². The standard InChI is InChI=1S/C22H28N2O2/c1-23(14-15-25)21(26)22(16-19-10-6-7-11-20(19)17-22)24(2)13-12-18-8-4-3-5-9-18/h3-11,25H,12-17H2,1-2H3. The van der Waals surface area contributed by atoms with Gasteiger partial charge in [-0.3, -0.25) is 9.69 Å². The molecule has 0 atom stereocenters. The van der Waals surface area contributed by atoms with Gasteiger partial charge in [0.1, 0.15) is 5.54 Å². The van der Waals surface area contributed by atoms with Gasteiger partial charge in [-0.05, 0) is 30.2 Å². The lowest BCUT2D eigenvalue weighted by atomic mass is 9.91. The molecule has 138 valence electrons. The summed E-state index contributed by atoms with van der Waals surface area (Å²) in [7, 11) is 3.84. The van der Waals surface area contributed by atoms with Gasteiger partial charge in [-0.2, -0.15) is 0 Å². The van der Waals surface area contributed by atoms with Crippen LogP contribution in [0.25, 0.3) is 0 Å². The van der Waals surface area contributed by atoms with Crippen molar-refractivity contribution in [3.8, 4) is 0 Å². The van der Waals surface area contributed by atoms with Crippen molar-refractivity contribution in [1.82, 2.24) is 9.80 Å². The monoisotopic (exact) mass is 352 g/mol. The quantitative estimate of drug-likeness (QED) is 0.830. The van der Waals surface area contributed by atoms with Gasteiger partial charge in [0.2, 0.25) is 5.91 Å². The SMILES string of the molecule is CN(CCO)C(=O)C1(N(C)CCc2ccccc2)Cc2ccccc2C1. The molecule has 3 rings (SSSR count). The Labute approximate surface area is 156 Å². The zero-order chi connectivity index (χ0) is 18.6. The molecule has 0 saturated carbocycles. The van der Waals surface area contributed by atoms with Gasteiger partial charge in [0.15, 0.2) is 0 Å². The molecule has 1 N–H and O–H groups in total. The van der Waals surface area contributed by atoms with Gasteiger partial charge in [-0.25, -0.2) is 0 Å². The number of aliphatic hydroxyl groups is 1. The van der Waals surface area contributed by atoms with E-state index < -0.39 is 5.54 Å². The number of rotatable bonds is 7. The molecule has 1 aliphatic carbocycles. The Morgan fingerprint density at radius 2 is 1.54 bits per heavy atom. The van der Waals surface area contributed by atoms with E-state index in [-0.39, 0.29) is 12.5 Å². The van der Waals surface area contributed by atoms with Crippen LogP contribution in [-0.4, -0.2) is 60.1 Å². The summed E-state index contributed by atoms with van der Waals surface area (Å²) in [5.41, 5.74) is 3.22. The zero-order valence-corrected chi connectivity index (χ0v) is 15.7. The summed E-state index contributed by atoms with van der Waals surface area (Å²) in [6.45, 7) is 1.17. The molecule has 0 fully saturated rings. The number of hydrogen-bond acceptors (Lipinski definition) is 3. The van der Waals surface area contributed by atoms with Crippen molar-refractivity contribution in [2.24, 2.45) is 0 Å². The van der Waals surface area contributed by atoms with Gasteiger partial charge in [0.25, 0.3) is 0 Å². The number of carbonyl (C=O) groups is 1. The molecule has 0 bridgehead atoms. The van der Waals surface area contributed by atoms with Crippen LogP contribution in [0.4, 0.5) is 0 Å². The first-order valence-corrected chi connectivity index (χ1v) is 9.25. The first kappa shape index (κ1) is 18.6. The summed E-state index contributed by atoms with van der Waals surface area (Å²) in [5, 5.41) is 9.27. The van der Waals surface area contributed by atoms with Crippen LogP contribution in [0.1, 0.15) is 16.7 Å². The maximum atomic E-state index is 13.4. The first-order valence-electron chi connectivity index (χ1n) is 9.25. The fourth-order valence-electron chi connectivity index (χ4n) is 3.94. The number of amides is 1. The topological polar surface area (TPSA) is 43.8 Å². The molecule has 1 aliphatic rings. The van der Waals surface area contributed by atoms with Crippen LogP contribution < -0.4 is 0 Å². The summed E-state index contributed by atoms with van der Waals surface area (Å²) in [6.07, 6.45) is 2.36. The summed E-state index contributed by atoms with van der Waals surface area (Å²) in [6, 6.07) is 18.7. The number of nitrogens with zero attached hydrogens (tertiary/aromatic N) is 2. The Morgan fingerprint density at radius 3 is 2.12 bits per heavy atom. The average Bonchev–Trinajstić information content (AvgIpc) is 3.07. The minimum atomic E-state index is -0.567. The van der Waals surface area contributed by atoms with Crippen molar-refractivity contribution in [2.45, 2.75) is 24.8 Å². The van der Waals surface area contributed by atoms with E-state index in [4.69, 9.17) is 0 Å². The van der Waals surface area contributed by atoms with Gasteiger partial charge in [0, 0.05) is 33.0 Å². The second-order valence-corrected chi connectivity index (χ2v) is 7.26. The van der Waals surface area contributed by atoms with Crippen LogP contribution in [-0.2, 0) is 24.1 Å². The smallest absolute Gasteiger partial charge is 0.243 e. The molecule has 0 heterocycles. The molecule has 26 heavy (non-hydrogen) atoms. The summed E-state index contributed by atoms with van der Waals surface area (Å²) >= 11 is 0. The van der Waals surface area contributed by atoms with E-state index in [1.165, 1.54) is 16.7 Å². The van der Waals surface area contributed by atoms with Crippen molar-refractivity contribution >= 4 is 5.91 Å². The molecule has 1 amide bonds. The Morgan fingerprint density at radius 1 is 0.962 bits per heavy atom. The highest BCUT2D eigenvalue weighted by molar-refractivity contribution is 5.88. The van der Waals surface area contributed by atoms with Crippen molar-refractivity contribution in [3.05, 3.63) is 71.3 Å². The summed E-state index contributed by atoms with van der Waals surface area (Å²) in [4.78, 5) is 17.2. The van der Waals surface area contributed by atoms with Crippen molar-refractivity contribution in [3.63, 3.8) is 0 Å². The molecule has 0 saturated heterocycles. The number of likely N-dealkylation sites (N-methyl/N-ethyl adjacent to an activating group) is 2. The van der Waals surface area contributed by atoms with E-state index in [2.05, 4.69) is 48.3 Å². The Balaban J connectivity index is 1.83. The van der Waals surface area contributed by atoms with Gasteiger partial charge in [-0.15, -0.1) is 0 Å². The lowest BCUT2D eigenvalue weighted by Gasteiger charge is -2.40. The van der Waals surface area contributed by atoms with Gasteiger partial charge in [-0.1, -0.05) is 54.6 Å². The maximum absolute atomic E-state index is 13.4. The zero-order valence-electron chi connectivity index (χ0n) is 15.7. The van der Waals surface area contributed by atoms with E-state index in [0.717, 1.165) is 25.8 Å². The molecule has 0 aliphatic heterocycles. The van der Waals surface area contributed by atoms with Crippen molar-refractivity contribution in [2.75, 3.05) is 33.8 Å². The second-order valence-electron chi connectivity index (χ2n) is 7.26. The maximum Gasteiger partial charge on any atom is 0.243 e. The van der Waals surface area contributed by atoms with E-state index in [1.807, 2.05) is 18.2 Å². The minimum Gasteiger partial charge on any atom is -0.395 e. The lowest BCUT2D eigenvalue weighted by Crippen LogP contribution is -2.59. The van der Waals surface area contributed by atoms with Crippen molar-refractivity contribution in [1.29, 1.82) is 0 Å². The molecule has 0 aromatic heterocycles. The predicted molar refractivity (Wildman–Crippen MR) is 104 cm³/mol. The van der Waals surface area contributed by atoms with Gasteiger partial charge < -0.3 is 10.0 Å². The van der Waals surface area contributed by atoms with Crippen LogP contribution in [0.2, 0.25) is 0 Å². The number of hydrogen-bond donors (Lipinski definition) is 1. The van der Waals surface area contributed by atoms with E-state index in [9.17, 15) is 9.90 Å². The molecule has 0 radical (unpaired) electrons. The van der Waals surface area contributed by atoms with Gasteiger partial charge in [0.05, 0.1) is 6.61 Å². The number of fused-ring (bicyclic) bond motifs is 1. The average molecular weight is 352 g/mol. The largest absolute Gasteiger partial charge is 0.395 e. The highest BCUT2D eigenvalue weighted by Crippen LogP contribution is 2.35. The molecule has 2 aromatic rings. The van der Waals surface area contributed by atoms with Crippen LogP contribution in [0.5, 0.6) is 0 Å². The third kappa shape index (κ3) is 3.67. The van der Waals surface area contributed by atoms with Crippen LogP contribution in [0.3, 0.4) is 0 Å². The number of carbonyl (C=O) groups excluding carboxylic acids is 1. The molecule has 4 nitrogen and oxygen atoms in total. The van der Waals surface area contributed by atoms with Crippen LogP contribution in [0.15, 0.2) is 54.6 Å². The Bertz CT molecular complexity index is 720. The second kappa shape index (κ2) is 8.02. The molecular weight excluding hydrogens is 324 g/mol. The number of aliphatic hydroxyl groups excluding tert-OH is 1. The lowest BCUT2D eigenvalue weighted by molar-refractivity contribution is -0.142. The molecular formula is C22H28N2O2. The molecule has 0 spiro atoms. The fraction of sp³-hybridized carbons (Fsp3) is 0.409. The first-order chi connectivity index (χ1) is 12.6. The summed E-state index contributed by atoms with van der Waals surface area (Å²) < 4.78 is 0. The van der Waals surface area contributed by atoms with E-state index >= 15 is 0 Å². The number of benzene rings is 2. The minimum absolute atomic E-state index is 0.0149. The highest BCUT2D eigenvalue weighted by atomic mass is 16.3. The van der Waals surface area contributed by atoms with Crippen molar-refractivity contribution < 1.29 is 9.90 Å². The normalized spacial score (nSPS) is 15.1. The Kier molecular flexibility index (Phi) is 5.74. The highest BCUT2D eigenvalue weighted by Gasteiger charge is 2.47. The fourth-order valence-corrected chi connectivity index (χ4v) is 3.94. The van der Waals surface area contributed by atoms with E-state index in [0.29, 0.717) is 6.54 Å². The van der Waals surface area contributed by atoms with Crippen LogP contribution >= 0.6 is 0 Å². The summed E-state index contributed by atoms with van der Waals surface area (Å²) in [5.74, 6) is 0.0957. The molecule has 4 heteroatoms. The third-order valence-corrected chi connectivity index (χ3v) is 5.57. The molecule has 2 aromatic carbocycles. The third-order valence-electron chi connectivity index (χ3n) is 5.57.